The summed E-state index contributed by atoms with van der Waals surface area (Å²) in [6.07, 6.45) is 0. The molecule has 0 radical (unpaired) electrons. The third-order valence-corrected chi connectivity index (χ3v) is 11.5. The summed E-state index contributed by atoms with van der Waals surface area (Å²) in [6, 6.07) is 37.5. The molecule has 0 N–H and O–H groups in total. The molecule has 2 aromatic heterocycles. The monoisotopic (exact) mass is 696 g/mol. The van der Waals surface area contributed by atoms with E-state index in [-0.39, 0.29) is 31.7 Å². The number of alkyl halides is 6. The van der Waals surface area contributed by atoms with Crippen molar-refractivity contribution in [2.75, 3.05) is 0 Å². The highest BCUT2D eigenvalue weighted by atomic mass is 32.1. The van der Waals surface area contributed by atoms with Gasteiger partial charge in [-0.3, -0.25) is 0 Å². The molecule has 244 valence electrons. The summed E-state index contributed by atoms with van der Waals surface area (Å²) in [6.45, 7) is 3.03. The van der Waals surface area contributed by atoms with Crippen LogP contribution in [0.5, 0.6) is 0 Å². The van der Waals surface area contributed by atoms with Crippen molar-refractivity contribution in [1.82, 2.24) is 0 Å². The van der Waals surface area contributed by atoms with Gasteiger partial charge in [0.15, 0.2) is 0 Å². The molecule has 1 aliphatic rings. The van der Waals surface area contributed by atoms with Crippen LogP contribution in [0.2, 0.25) is 0 Å². The summed E-state index contributed by atoms with van der Waals surface area (Å²) in [5.74, 6) is -15.9. The third-order valence-electron chi connectivity index (χ3n) is 9.33. The SMILES string of the molecule is Cc1sc2ccccc2c1C1=C(c2c(C)sc3cc(-c4ccc(-c5ccccc5)cc4-c4ccccc4)ccc23)C(F)(F)C(F)(F)C1(F)F. The molecule has 49 heavy (non-hydrogen) atoms. The molecule has 0 saturated carbocycles. The fourth-order valence-electron chi connectivity index (χ4n) is 7.03. The molecular formula is C41H26F6S2. The minimum Gasteiger partial charge on any atom is -0.194 e. The molecule has 0 fully saturated rings. The van der Waals surface area contributed by atoms with Crippen LogP contribution in [0.4, 0.5) is 26.3 Å². The van der Waals surface area contributed by atoms with Crippen molar-refractivity contribution in [3.05, 3.63) is 142 Å². The molecule has 0 nitrogen and oxygen atoms in total. The van der Waals surface area contributed by atoms with Crippen LogP contribution in [0.1, 0.15) is 20.9 Å². The Morgan fingerprint density at radius 2 is 0.939 bits per heavy atom. The minimum atomic E-state index is -5.63. The Balaban J connectivity index is 1.36. The first-order chi connectivity index (χ1) is 23.4. The van der Waals surface area contributed by atoms with E-state index in [1.165, 1.54) is 19.9 Å². The average Bonchev–Trinajstić information content (AvgIpc) is 3.63. The highest BCUT2D eigenvalue weighted by Gasteiger charge is 2.80. The summed E-state index contributed by atoms with van der Waals surface area (Å²) in [5, 5.41) is 0.476. The van der Waals surface area contributed by atoms with E-state index in [9.17, 15) is 0 Å². The van der Waals surface area contributed by atoms with Crippen molar-refractivity contribution in [3.63, 3.8) is 0 Å². The molecule has 2 heterocycles. The van der Waals surface area contributed by atoms with Crippen molar-refractivity contribution in [2.45, 2.75) is 31.6 Å². The maximum atomic E-state index is 16.0. The van der Waals surface area contributed by atoms with Crippen molar-refractivity contribution in [3.8, 4) is 33.4 Å². The zero-order valence-corrected chi connectivity index (χ0v) is 27.8. The lowest BCUT2D eigenvalue weighted by Gasteiger charge is -2.26. The first-order valence-corrected chi connectivity index (χ1v) is 17.2. The lowest BCUT2D eigenvalue weighted by Crippen LogP contribution is -2.48. The van der Waals surface area contributed by atoms with Gasteiger partial charge in [0.05, 0.1) is 0 Å². The van der Waals surface area contributed by atoms with Gasteiger partial charge in [0, 0.05) is 52.2 Å². The van der Waals surface area contributed by atoms with Gasteiger partial charge in [-0.05, 0) is 65.4 Å². The fourth-order valence-corrected chi connectivity index (χ4v) is 9.21. The van der Waals surface area contributed by atoms with E-state index in [0.29, 0.717) is 9.40 Å². The molecule has 1 aliphatic carbocycles. The van der Waals surface area contributed by atoms with Gasteiger partial charge >= 0.3 is 17.8 Å². The summed E-state index contributed by atoms with van der Waals surface area (Å²) < 4.78 is 95.6. The smallest absolute Gasteiger partial charge is 0.194 e. The van der Waals surface area contributed by atoms with E-state index in [4.69, 9.17) is 0 Å². The molecule has 8 rings (SSSR count). The topological polar surface area (TPSA) is 0 Å². The number of rotatable bonds is 5. The molecule has 0 atom stereocenters. The number of allylic oxidation sites excluding steroid dienone is 2. The summed E-state index contributed by atoms with van der Waals surface area (Å²) in [4.78, 5) is 0.529. The maximum Gasteiger partial charge on any atom is 0.380 e. The Morgan fingerprint density at radius 3 is 1.57 bits per heavy atom. The molecule has 0 bridgehead atoms. The highest BCUT2D eigenvalue weighted by Crippen LogP contribution is 2.67. The molecule has 0 amide bonds. The summed E-state index contributed by atoms with van der Waals surface area (Å²) >= 11 is 2.25. The first-order valence-electron chi connectivity index (χ1n) is 15.6. The third kappa shape index (κ3) is 4.64. The molecule has 5 aromatic carbocycles. The van der Waals surface area contributed by atoms with Crippen molar-refractivity contribution in [1.29, 1.82) is 0 Å². The standard InChI is InChI=1S/C41H26F6S2/c1-23-35(30-15-9-10-16-33(30)48-23)37-38(40(44,45)41(46,47)39(37,42)43)36-24(2)49-34-22-28(18-20-31(34)36)29-19-17-27(25-11-5-3-6-12-25)21-32(29)26-13-7-4-8-14-26/h3-22H,1-2H3. The van der Waals surface area contributed by atoms with Gasteiger partial charge < -0.3 is 0 Å². The average molecular weight is 697 g/mol. The number of benzene rings is 5. The Labute approximate surface area is 286 Å². The Bertz CT molecular complexity index is 2440. The number of fused-ring (bicyclic) bond motifs is 2. The predicted molar refractivity (Wildman–Crippen MR) is 191 cm³/mol. The van der Waals surface area contributed by atoms with Crippen molar-refractivity contribution >= 4 is 54.0 Å². The van der Waals surface area contributed by atoms with E-state index in [1.54, 1.807) is 30.3 Å². The van der Waals surface area contributed by atoms with Crippen LogP contribution in [-0.4, -0.2) is 17.8 Å². The lowest BCUT2D eigenvalue weighted by atomic mass is 9.89. The van der Waals surface area contributed by atoms with Gasteiger partial charge in [-0.2, -0.15) is 26.3 Å². The Morgan fingerprint density at radius 1 is 0.429 bits per heavy atom. The quantitative estimate of drug-likeness (QED) is 0.157. The lowest BCUT2D eigenvalue weighted by molar-refractivity contribution is -0.254. The molecule has 0 unspecified atom stereocenters. The van der Waals surface area contributed by atoms with Crippen LogP contribution in [0.25, 0.3) is 64.7 Å². The van der Waals surface area contributed by atoms with E-state index >= 15 is 26.3 Å². The zero-order valence-electron chi connectivity index (χ0n) is 26.1. The normalized spacial score (nSPS) is 16.6. The van der Waals surface area contributed by atoms with E-state index < -0.39 is 28.9 Å². The molecule has 0 spiro atoms. The molecule has 0 saturated heterocycles. The largest absolute Gasteiger partial charge is 0.380 e. The molecular weight excluding hydrogens is 671 g/mol. The highest BCUT2D eigenvalue weighted by molar-refractivity contribution is 7.19. The van der Waals surface area contributed by atoms with E-state index in [0.717, 1.165) is 56.1 Å². The van der Waals surface area contributed by atoms with Gasteiger partial charge in [0.1, 0.15) is 0 Å². The van der Waals surface area contributed by atoms with Crippen LogP contribution in [-0.2, 0) is 0 Å². The van der Waals surface area contributed by atoms with Crippen LogP contribution < -0.4 is 0 Å². The van der Waals surface area contributed by atoms with Crippen LogP contribution in [0.15, 0.2) is 121 Å². The van der Waals surface area contributed by atoms with Gasteiger partial charge in [-0.1, -0.05) is 103 Å². The number of halogens is 6. The molecule has 0 aliphatic heterocycles. The second kappa shape index (κ2) is 11.2. The van der Waals surface area contributed by atoms with Gasteiger partial charge in [-0.25, -0.2) is 0 Å². The van der Waals surface area contributed by atoms with Crippen LogP contribution in [0, 0.1) is 13.8 Å². The predicted octanol–water partition coefficient (Wildman–Crippen LogP) is 13.6. The number of hydrogen-bond donors (Lipinski definition) is 0. The number of thiophene rings is 2. The van der Waals surface area contributed by atoms with E-state index in [2.05, 4.69) is 6.07 Å². The first kappa shape index (κ1) is 31.6. The minimum absolute atomic E-state index is 0.228. The maximum absolute atomic E-state index is 16.0. The molecule has 8 heteroatoms. The Hall–Kier alpha value is -4.66. The van der Waals surface area contributed by atoms with E-state index in [1.807, 2.05) is 78.9 Å². The second-order valence-electron chi connectivity index (χ2n) is 12.2. The van der Waals surface area contributed by atoms with Crippen molar-refractivity contribution < 1.29 is 26.3 Å². The van der Waals surface area contributed by atoms with Gasteiger partial charge in [-0.15, -0.1) is 22.7 Å². The molecule has 7 aromatic rings. The number of aryl methyl sites for hydroxylation is 2. The van der Waals surface area contributed by atoms with Gasteiger partial charge in [0.25, 0.3) is 0 Å². The number of hydrogen-bond acceptors (Lipinski definition) is 2. The Kier molecular flexibility index (Phi) is 7.21. The van der Waals surface area contributed by atoms with Crippen molar-refractivity contribution in [2.24, 2.45) is 0 Å². The fraction of sp³-hybridized carbons (Fsp3) is 0.122. The zero-order chi connectivity index (χ0) is 34.3. The summed E-state index contributed by atoms with van der Waals surface area (Å²) in [5.41, 5.74) is 2.52. The van der Waals surface area contributed by atoms with Crippen LogP contribution in [0.3, 0.4) is 0 Å². The second-order valence-corrected chi connectivity index (χ2v) is 14.8. The van der Waals surface area contributed by atoms with Crippen LogP contribution >= 0.6 is 22.7 Å². The summed E-state index contributed by atoms with van der Waals surface area (Å²) in [7, 11) is 0. The van der Waals surface area contributed by atoms with Gasteiger partial charge in [0.2, 0.25) is 0 Å².